The van der Waals surface area contributed by atoms with Gasteiger partial charge < -0.3 is 20.4 Å². The van der Waals surface area contributed by atoms with Gasteiger partial charge in [0.15, 0.2) is 5.82 Å². The highest BCUT2D eigenvalue weighted by atomic mass is 35.5. The summed E-state index contributed by atoms with van der Waals surface area (Å²) in [6.45, 7) is 3.99. The number of nitrogens with two attached hydrogens (primary N) is 1. The zero-order valence-electron chi connectivity index (χ0n) is 19.3. The third-order valence-electron chi connectivity index (χ3n) is 6.33. The molecular formula is C26H26Cl2N6O. The largest absolute Gasteiger partial charge is 0.486 e. The number of benzene rings is 2. The molecule has 1 fully saturated rings. The lowest BCUT2D eigenvalue weighted by Gasteiger charge is -2.28. The molecule has 1 aliphatic heterocycles. The van der Waals surface area contributed by atoms with Gasteiger partial charge in [-0.3, -0.25) is 10.4 Å². The second kappa shape index (κ2) is 9.76. The molecule has 1 aliphatic rings. The van der Waals surface area contributed by atoms with E-state index < -0.39 is 6.10 Å². The van der Waals surface area contributed by atoms with E-state index in [1.165, 1.54) is 37.3 Å². The van der Waals surface area contributed by atoms with Crippen LogP contribution in [0.2, 0.25) is 10.0 Å². The lowest BCUT2D eigenvalue weighted by Crippen LogP contribution is -2.29. The quantitative estimate of drug-likeness (QED) is 0.206. The first-order valence-electron chi connectivity index (χ1n) is 11.6. The number of fused-ring (bicyclic) bond motifs is 1. The summed E-state index contributed by atoms with van der Waals surface area (Å²) in [5, 5.41) is 9.68. The van der Waals surface area contributed by atoms with Crippen molar-refractivity contribution in [2.45, 2.75) is 32.3 Å². The Morgan fingerprint density at radius 3 is 2.57 bits per heavy atom. The summed E-state index contributed by atoms with van der Waals surface area (Å²) in [5.41, 5.74) is 11.0. The molecule has 0 amide bonds. The highest BCUT2D eigenvalue weighted by Gasteiger charge is 2.19. The number of H-pyrrole nitrogens is 1. The highest BCUT2D eigenvalue weighted by Crippen LogP contribution is 2.33. The van der Waals surface area contributed by atoms with Crippen molar-refractivity contribution < 1.29 is 4.74 Å². The molecule has 2 aromatic carbocycles. The number of hydrogen-bond donors (Lipinski definition) is 3. The van der Waals surface area contributed by atoms with Crippen LogP contribution in [0.1, 0.15) is 49.2 Å². The molecule has 1 saturated heterocycles. The maximum Gasteiger partial charge on any atom is 0.157 e. The normalized spacial score (nSPS) is 14.8. The predicted molar refractivity (Wildman–Crippen MR) is 142 cm³/mol. The minimum Gasteiger partial charge on any atom is -0.486 e. The van der Waals surface area contributed by atoms with E-state index in [1.54, 1.807) is 18.2 Å². The number of halogens is 2. The van der Waals surface area contributed by atoms with Crippen LogP contribution in [0.5, 0.6) is 5.75 Å². The molecule has 1 atom stereocenters. The smallest absolute Gasteiger partial charge is 0.157 e. The van der Waals surface area contributed by atoms with Gasteiger partial charge in [0.2, 0.25) is 0 Å². The minimum absolute atomic E-state index is 0.191. The summed E-state index contributed by atoms with van der Waals surface area (Å²) < 4.78 is 6.10. The van der Waals surface area contributed by atoms with Gasteiger partial charge in [-0.25, -0.2) is 4.98 Å². The molecule has 5 rings (SSSR count). The summed E-state index contributed by atoms with van der Waals surface area (Å²) in [6, 6.07) is 11.4. The average Bonchev–Trinajstić information content (AvgIpc) is 3.29. The first kappa shape index (κ1) is 23.5. The molecule has 35 heavy (non-hydrogen) atoms. The Morgan fingerprint density at radius 2 is 1.83 bits per heavy atom. The van der Waals surface area contributed by atoms with Gasteiger partial charge >= 0.3 is 0 Å². The molecule has 2 aromatic heterocycles. The fourth-order valence-electron chi connectivity index (χ4n) is 4.49. The lowest BCUT2D eigenvalue weighted by molar-refractivity contribution is 0.227. The third-order valence-corrected chi connectivity index (χ3v) is 6.93. The van der Waals surface area contributed by atoms with Crippen molar-refractivity contribution in [1.82, 2.24) is 15.0 Å². The van der Waals surface area contributed by atoms with Gasteiger partial charge in [0.1, 0.15) is 17.6 Å². The van der Waals surface area contributed by atoms with Crippen LogP contribution < -0.4 is 15.4 Å². The Kier molecular flexibility index (Phi) is 6.54. The number of piperidine rings is 1. The molecule has 0 unspecified atom stereocenters. The standard InChI is InChI=1S/C26H26Cl2N6O/c1-15(24-19(27)13-31-14-20(24)28)35-17-6-7-21(29)18(12-17)25(30)26-32-22-8-5-16(11-23(22)33-26)34-9-3-2-4-10-34/h5-8,11-15,30H,2-4,9-10,29H2,1H3,(H,32,33)/t15-/m1/s1. The third kappa shape index (κ3) is 4.79. The van der Waals surface area contributed by atoms with Gasteiger partial charge in [0, 0.05) is 48.0 Å². The Balaban J connectivity index is 1.40. The van der Waals surface area contributed by atoms with E-state index >= 15 is 0 Å². The van der Waals surface area contributed by atoms with Crippen molar-refractivity contribution in [3.8, 4) is 5.75 Å². The lowest BCUT2D eigenvalue weighted by atomic mass is 10.1. The number of nitrogen functional groups attached to an aromatic ring is 1. The molecule has 7 nitrogen and oxygen atoms in total. The zero-order chi connectivity index (χ0) is 24.5. The Bertz CT molecular complexity index is 1380. The van der Waals surface area contributed by atoms with Gasteiger partial charge in [0.05, 0.1) is 21.1 Å². The van der Waals surface area contributed by atoms with Crippen molar-refractivity contribution in [1.29, 1.82) is 5.41 Å². The van der Waals surface area contributed by atoms with Gasteiger partial charge in [-0.1, -0.05) is 23.2 Å². The monoisotopic (exact) mass is 508 g/mol. The van der Waals surface area contributed by atoms with Crippen molar-refractivity contribution in [2.75, 3.05) is 23.7 Å². The van der Waals surface area contributed by atoms with E-state index in [9.17, 15) is 0 Å². The van der Waals surface area contributed by atoms with Crippen LogP contribution in [0, 0.1) is 5.41 Å². The van der Waals surface area contributed by atoms with E-state index in [1.807, 2.05) is 13.0 Å². The van der Waals surface area contributed by atoms with Crippen LogP contribution in [0.25, 0.3) is 11.0 Å². The number of imidazole rings is 1. The molecular weight excluding hydrogens is 483 g/mol. The van der Waals surface area contributed by atoms with Crippen molar-refractivity contribution in [2.24, 2.45) is 0 Å². The van der Waals surface area contributed by atoms with Crippen LogP contribution in [0.3, 0.4) is 0 Å². The van der Waals surface area contributed by atoms with Crippen molar-refractivity contribution >= 4 is 51.3 Å². The van der Waals surface area contributed by atoms with Crippen LogP contribution >= 0.6 is 23.2 Å². The van der Waals surface area contributed by atoms with E-state index in [4.69, 9.17) is 39.1 Å². The number of nitrogens with zero attached hydrogens (tertiary/aromatic N) is 3. The second-order valence-corrected chi connectivity index (χ2v) is 9.55. The number of rotatable bonds is 6. The number of hydrogen-bond acceptors (Lipinski definition) is 6. The topological polar surface area (TPSA) is 104 Å². The fourth-order valence-corrected chi connectivity index (χ4v) is 5.16. The molecule has 4 aromatic rings. The van der Waals surface area contributed by atoms with Crippen LogP contribution in [0.15, 0.2) is 48.8 Å². The highest BCUT2D eigenvalue weighted by molar-refractivity contribution is 6.35. The number of aromatic nitrogens is 3. The van der Waals surface area contributed by atoms with Gasteiger partial charge in [-0.2, -0.15) is 0 Å². The molecule has 4 N–H and O–H groups in total. The SMILES string of the molecule is C[C@@H](Oc1ccc(N)c(C(=N)c2nc3ccc(N4CCCCC4)cc3[nH]2)c1)c1c(Cl)cncc1Cl. The van der Waals surface area contributed by atoms with Crippen LogP contribution in [-0.2, 0) is 0 Å². The number of ether oxygens (including phenoxy) is 1. The Labute approximate surface area is 213 Å². The maximum atomic E-state index is 8.81. The van der Waals surface area contributed by atoms with Crippen molar-refractivity contribution in [3.05, 3.63) is 75.8 Å². The van der Waals surface area contributed by atoms with E-state index in [2.05, 4.69) is 32.0 Å². The Hall–Kier alpha value is -3.29. The molecule has 0 spiro atoms. The van der Waals surface area contributed by atoms with Crippen molar-refractivity contribution in [3.63, 3.8) is 0 Å². The van der Waals surface area contributed by atoms with E-state index in [0.717, 1.165) is 24.1 Å². The van der Waals surface area contributed by atoms with E-state index in [0.29, 0.717) is 38.4 Å². The van der Waals surface area contributed by atoms with E-state index in [-0.39, 0.29) is 5.71 Å². The Morgan fingerprint density at radius 1 is 1.09 bits per heavy atom. The predicted octanol–water partition coefficient (Wildman–Crippen LogP) is 6.39. The molecule has 3 heterocycles. The first-order chi connectivity index (χ1) is 16.9. The number of pyridine rings is 1. The molecule has 0 radical (unpaired) electrons. The summed E-state index contributed by atoms with van der Waals surface area (Å²) in [6.07, 6.45) is 6.36. The molecule has 0 aliphatic carbocycles. The van der Waals surface area contributed by atoms with Gasteiger partial charge in [-0.05, 0) is 62.6 Å². The van der Waals surface area contributed by atoms with Crippen LogP contribution in [0.4, 0.5) is 11.4 Å². The molecule has 180 valence electrons. The number of nitrogens with one attached hydrogen (secondary N) is 2. The average molecular weight is 509 g/mol. The van der Waals surface area contributed by atoms with Crippen LogP contribution in [-0.4, -0.2) is 33.8 Å². The van der Waals surface area contributed by atoms with Gasteiger partial charge in [-0.15, -0.1) is 0 Å². The summed E-state index contributed by atoms with van der Waals surface area (Å²) in [5.74, 6) is 0.992. The fraction of sp³-hybridized carbons (Fsp3) is 0.269. The molecule has 0 saturated carbocycles. The number of aromatic amines is 1. The zero-order valence-corrected chi connectivity index (χ0v) is 20.8. The second-order valence-electron chi connectivity index (χ2n) is 8.74. The molecule has 9 heteroatoms. The summed E-state index contributed by atoms with van der Waals surface area (Å²) in [7, 11) is 0. The van der Waals surface area contributed by atoms with Gasteiger partial charge in [0.25, 0.3) is 0 Å². The molecule has 0 bridgehead atoms. The maximum absolute atomic E-state index is 8.81. The summed E-state index contributed by atoms with van der Waals surface area (Å²) in [4.78, 5) is 14.3. The minimum atomic E-state index is -0.428. The summed E-state index contributed by atoms with van der Waals surface area (Å²) >= 11 is 12.6. The number of anilines is 2. The first-order valence-corrected chi connectivity index (χ1v) is 12.4.